The van der Waals surface area contributed by atoms with Gasteiger partial charge in [0.1, 0.15) is 0 Å². The molecule has 0 bridgehead atoms. The van der Waals surface area contributed by atoms with Crippen molar-refractivity contribution >= 4 is 0 Å². The molecule has 0 saturated carbocycles. The first kappa shape index (κ1) is 11.7. The molecule has 2 rings (SSSR count). The van der Waals surface area contributed by atoms with Crippen LogP contribution in [0.4, 0.5) is 0 Å². The van der Waals surface area contributed by atoms with Crippen LogP contribution >= 0.6 is 0 Å². The second-order valence-corrected chi connectivity index (χ2v) is 5.57. The fourth-order valence-electron chi connectivity index (χ4n) is 2.82. The zero-order chi connectivity index (χ0) is 11.5. The average Bonchev–Trinajstić information content (AvgIpc) is 2.29. The van der Waals surface area contributed by atoms with E-state index in [9.17, 15) is 0 Å². The predicted molar refractivity (Wildman–Crippen MR) is 69.6 cm³/mol. The maximum absolute atomic E-state index is 2.49. The van der Waals surface area contributed by atoms with Gasteiger partial charge in [0.05, 0.1) is 0 Å². The summed E-state index contributed by atoms with van der Waals surface area (Å²) in [5.74, 6) is 2.38. The molecule has 0 aromatic heterocycles. The van der Waals surface area contributed by atoms with Crippen molar-refractivity contribution in [3.63, 3.8) is 0 Å². The molecule has 88 valence electrons. The smallest absolute Gasteiger partial charge is 0.00474 e. The molecular weight excluding hydrogens is 194 g/mol. The first-order valence-electron chi connectivity index (χ1n) is 6.40. The molecule has 1 heterocycles. The van der Waals surface area contributed by atoms with Gasteiger partial charge in [0.15, 0.2) is 0 Å². The minimum absolute atomic E-state index is 0.729. The standard InChI is InChI=1S/C15H23N/c1-12(2)14-9-15(11-16(3)10-14)13-7-5-4-6-8-13/h4-8,12,14-15H,9-11H2,1-3H3/t14-,15+/m1/s1. The topological polar surface area (TPSA) is 3.24 Å². The van der Waals surface area contributed by atoms with Crippen LogP contribution in [0.2, 0.25) is 0 Å². The Labute approximate surface area is 99.5 Å². The van der Waals surface area contributed by atoms with Crippen molar-refractivity contribution in [1.82, 2.24) is 4.90 Å². The minimum atomic E-state index is 0.729. The van der Waals surface area contributed by atoms with Gasteiger partial charge in [0, 0.05) is 13.1 Å². The highest BCUT2D eigenvalue weighted by Crippen LogP contribution is 2.32. The third-order valence-corrected chi connectivity index (χ3v) is 3.88. The molecular formula is C15H23N. The lowest BCUT2D eigenvalue weighted by Gasteiger charge is -2.37. The predicted octanol–water partition coefficient (Wildman–Crippen LogP) is 3.38. The van der Waals surface area contributed by atoms with Crippen LogP contribution in [0.5, 0.6) is 0 Å². The number of hydrogen-bond acceptors (Lipinski definition) is 1. The zero-order valence-corrected chi connectivity index (χ0v) is 10.7. The van der Waals surface area contributed by atoms with Crippen molar-refractivity contribution in [3.8, 4) is 0 Å². The van der Waals surface area contributed by atoms with Gasteiger partial charge in [-0.2, -0.15) is 0 Å². The van der Waals surface area contributed by atoms with Crippen molar-refractivity contribution < 1.29 is 0 Å². The highest BCUT2D eigenvalue weighted by molar-refractivity contribution is 5.20. The van der Waals surface area contributed by atoms with Gasteiger partial charge in [0.25, 0.3) is 0 Å². The summed E-state index contributed by atoms with van der Waals surface area (Å²) < 4.78 is 0. The zero-order valence-electron chi connectivity index (χ0n) is 10.7. The van der Waals surface area contributed by atoms with Gasteiger partial charge in [-0.25, -0.2) is 0 Å². The van der Waals surface area contributed by atoms with Crippen LogP contribution in [-0.2, 0) is 0 Å². The van der Waals surface area contributed by atoms with Gasteiger partial charge in [-0.05, 0) is 36.8 Å². The lowest BCUT2D eigenvalue weighted by atomic mass is 9.80. The lowest BCUT2D eigenvalue weighted by Crippen LogP contribution is -2.38. The molecule has 0 unspecified atom stereocenters. The Hall–Kier alpha value is -0.820. The Morgan fingerprint density at radius 2 is 1.81 bits per heavy atom. The van der Waals surface area contributed by atoms with Gasteiger partial charge >= 0.3 is 0 Å². The Balaban J connectivity index is 2.11. The monoisotopic (exact) mass is 217 g/mol. The molecule has 1 aliphatic rings. The summed E-state index contributed by atoms with van der Waals surface area (Å²) in [6, 6.07) is 11.0. The molecule has 1 saturated heterocycles. The van der Waals surface area contributed by atoms with Crippen LogP contribution in [0.1, 0.15) is 31.7 Å². The SMILES string of the molecule is CC(C)[C@@H]1C[C@H](c2ccccc2)CN(C)C1. The number of piperidine rings is 1. The minimum Gasteiger partial charge on any atom is -0.305 e. The van der Waals surface area contributed by atoms with Gasteiger partial charge in [-0.1, -0.05) is 44.2 Å². The van der Waals surface area contributed by atoms with E-state index in [1.54, 1.807) is 0 Å². The number of likely N-dealkylation sites (N-methyl/N-ethyl adjacent to an activating group) is 1. The molecule has 0 N–H and O–H groups in total. The van der Waals surface area contributed by atoms with Gasteiger partial charge in [-0.15, -0.1) is 0 Å². The van der Waals surface area contributed by atoms with Crippen molar-refractivity contribution in [2.45, 2.75) is 26.2 Å². The van der Waals surface area contributed by atoms with Crippen LogP contribution in [0, 0.1) is 11.8 Å². The number of hydrogen-bond donors (Lipinski definition) is 0. The van der Waals surface area contributed by atoms with Crippen molar-refractivity contribution in [1.29, 1.82) is 0 Å². The maximum atomic E-state index is 2.49. The van der Waals surface area contributed by atoms with Gasteiger partial charge < -0.3 is 4.90 Å². The first-order chi connectivity index (χ1) is 7.66. The Morgan fingerprint density at radius 1 is 1.12 bits per heavy atom. The van der Waals surface area contributed by atoms with E-state index in [0.717, 1.165) is 17.8 Å². The summed E-state index contributed by atoms with van der Waals surface area (Å²) in [5.41, 5.74) is 1.51. The van der Waals surface area contributed by atoms with Crippen molar-refractivity contribution in [3.05, 3.63) is 35.9 Å². The van der Waals surface area contributed by atoms with E-state index in [4.69, 9.17) is 0 Å². The molecule has 1 fully saturated rings. The molecule has 1 nitrogen and oxygen atoms in total. The highest BCUT2D eigenvalue weighted by atomic mass is 15.1. The number of rotatable bonds is 2. The number of likely N-dealkylation sites (tertiary alicyclic amines) is 1. The van der Waals surface area contributed by atoms with E-state index < -0.39 is 0 Å². The average molecular weight is 217 g/mol. The van der Waals surface area contributed by atoms with Crippen LogP contribution in [0.3, 0.4) is 0 Å². The second-order valence-electron chi connectivity index (χ2n) is 5.57. The Kier molecular flexibility index (Phi) is 3.65. The fraction of sp³-hybridized carbons (Fsp3) is 0.600. The molecule has 0 amide bonds. The van der Waals surface area contributed by atoms with E-state index in [0.29, 0.717) is 0 Å². The van der Waals surface area contributed by atoms with Crippen LogP contribution in [0.25, 0.3) is 0 Å². The van der Waals surface area contributed by atoms with E-state index in [1.165, 1.54) is 25.1 Å². The van der Waals surface area contributed by atoms with Gasteiger partial charge in [0.2, 0.25) is 0 Å². The summed E-state index contributed by atoms with van der Waals surface area (Å²) in [6.45, 7) is 7.19. The fourth-order valence-corrected chi connectivity index (χ4v) is 2.82. The summed E-state index contributed by atoms with van der Waals surface area (Å²) in [7, 11) is 2.25. The van der Waals surface area contributed by atoms with Crippen LogP contribution < -0.4 is 0 Å². The number of benzene rings is 1. The summed E-state index contributed by atoms with van der Waals surface area (Å²) in [4.78, 5) is 2.49. The largest absolute Gasteiger partial charge is 0.305 e. The third kappa shape index (κ3) is 2.65. The normalized spacial score (nSPS) is 27.2. The van der Waals surface area contributed by atoms with Crippen LogP contribution in [0.15, 0.2) is 30.3 Å². The third-order valence-electron chi connectivity index (χ3n) is 3.88. The Bertz CT molecular complexity index is 317. The first-order valence-corrected chi connectivity index (χ1v) is 6.40. The summed E-state index contributed by atoms with van der Waals surface area (Å²) >= 11 is 0. The van der Waals surface area contributed by atoms with E-state index in [1.807, 2.05) is 0 Å². The number of nitrogens with zero attached hydrogens (tertiary/aromatic N) is 1. The second kappa shape index (κ2) is 5.01. The molecule has 2 atom stereocenters. The highest BCUT2D eigenvalue weighted by Gasteiger charge is 2.27. The van der Waals surface area contributed by atoms with Gasteiger partial charge in [-0.3, -0.25) is 0 Å². The summed E-state index contributed by atoms with van der Waals surface area (Å²) in [5, 5.41) is 0. The van der Waals surface area contributed by atoms with Crippen molar-refractivity contribution in [2.24, 2.45) is 11.8 Å². The summed E-state index contributed by atoms with van der Waals surface area (Å²) in [6.07, 6.45) is 1.35. The molecule has 1 aliphatic heterocycles. The lowest BCUT2D eigenvalue weighted by molar-refractivity contribution is 0.153. The van der Waals surface area contributed by atoms with E-state index in [-0.39, 0.29) is 0 Å². The molecule has 1 heteroatoms. The Morgan fingerprint density at radius 3 is 2.44 bits per heavy atom. The van der Waals surface area contributed by atoms with E-state index >= 15 is 0 Å². The molecule has 1 aromatic carbocycles. The maximum Gasteiger partial charge on any atom is 0.00474 e. The molecule has 0 aliphatic carbocycles. The van der Waals surface area contributed by atoms with E-state index in [2.05, 4.69) is 56.1 Å². The molecule has 0 radical (unpaired) electrons. The molecule has 1 aromatic rings. The van der Waals surface area contributed by atoms with Crippen LogP contribution in [-0.4, -0.2) is 25.0 Å². The quantitative estimate of drug-likeness (QED) is 0.734. The molecule has 0 spiro atoms. The molecule has 16 heavy (non-hydrogen) atoms. The van der Waals surface area contributed by atoms with Crippen molar-refractivity contribution in [2.75, 3.05) is 20.1 Å².